The molecule has 0 unspecified atom stereocenters. The molecular weight excluding hydrogens is 258 g/mol. The minimum absolute atomic E-state index is 0.0598. The van der Waals surface area contributed by atoms with E-state index in [-0.39, 0.29) is 24.0 Å². The molecule has 0 fully saturated rings. The summed E-state index contributed by atoms with van der Waals surface area (Å²) in [4.78, 5) is 27.1. The number of benzene rings is 1. The van der Waals surface area contributed by atoms with Gasteiger partial charge >= 0.3 is 0 Å². The Hall–Kier alpha value is -2.17. The average Bonchev–Trinajstić information content (AvgIpc) is 2.47. The van der Waals surface area contributed by atoms with E-state index in [0.29, 0.717) is 10.9 Å². The fourth-order valence-electron chi connectivity index (χ4n) is 2.02. The maximum atomic E-state index is 12.3. The van der Waals surface area contributed by atoms with E-state index in [2.05, 4.69) is 10.3 Å². The summed E-state index contributed by atoms with van der Waals surface area (Å²) in [6.45, 7) is 1.74. The Morgan fingerprint density at radius 2 is 2.20 bits per heavy atom. The molecule has 4 nitrogen and oxygen atoms in total. The standard InChI is InChI=1S/C15H17FN2O2/c1-2-10-4-5-13-11(8-10)14(19)12(9-18-13)15(20)17-7-3-6-16/h4-5,8-9H,2-3,6-7H2,1H3,(H,17,20)(H,18,19)/i16-1. The summed E-state index contributed by atoms with van der Waals surface area (Å²) >= 11 is 0. The van der Waals surface area contributed by atoms with Gasteiger partial charge in [0.1, 0.15) is 5.56 Å². The van der Waals surface area contributed by atoms with Crippen LogP contribution in [0.1, 0.15) is 29.3 Å². The lowest BCUT2D eigenvalue weighted by atomic mass is 10.1. The Labute approximate surface area is 116 Å². The van der Waals surface area contributed by atoms with E-state index in [1.807, 2.05) is 19.1 Å². The number of aryl methyl sites for hydroxylation is 1. The molecule has 20 heavy (non-hydrogen) atoms. The Bertz CT molecular complexity index is 679. The number of carbonyl (C=O) groups is 1. The maximum absolute atomic E-state index is 12.3. The molecule has 1 amide bonds. The molecular formula is C15H17FN2O2. The molecule has 2 rings (SSSR count). The van der Waals surface area contributed by atoms with Crippen molar-refractivity contribution in [2.75, 3.05) is 13.2 Å². The van der Waals surface area contributed by atoms with Crippen LogP contribution in [0.2, 0.25) is 0 Å². The Morgan fingerprint density at radius 1 is 1.40 bits per heavy atom. The van der Waals surface area contributed by atoms with Crippen molar-refractivity contribution in [2.24, 2.45) is 0 Å². The second kappa shape index (κ2) is 6.32. The van der Waals surface area contributed by atoms with Gasteiger partial charge < -0.3 is 10.3 Å². The van der Waals surface area contributed by atoms with E-state index < -0.39 is 12.6 Å². The van der Waals surface area contributed by atoms with Crippen LogP contribution >= 0.6 is 0 Å². The van der Waals surface area contributed by atoms with Crippen LogP contribution in [-0.4, -0.2) is 24.1 Å². The zero-order chi connectivity index (χ0) is 14.5. The summed E-state index contributed by atoms with van der Waals surface area (Å²) in [7, 11) is 0. The van der Waals surface area contributed by atoms with Gasteiger partial charge in [-0.1, -0.05) is 13.0 Å². The molecule has 0 radical (unpaired) electrons. The molecule has 0 saturated heterocycles. The third-order valence-electron chi connectivity index (χ3n) is 3.19. The normalized spacial score (nSPS) is 10.7. The average molecular weight is 275 g/mol. The van der Waals surface area contributed by atoms with Gasteiger partial charge in [-0.15, -0.1) is 0 Å². The van der Waals surface area contributed by atoms with Crippen LogP contribution in [0.15, 0.2) is 29.2 Å². The van der Waals surface area contributed by atoms with Crippen LogP contribution in [0, 0.1) is 0 Å². The topological polar surface area (TPSA) is 62.0 Å². The van der Waals surface area contributed by atoms with Crippen molar-refractivity contribution in [3.05, 3.63) is 45.7 Å². The van der Waals surface area contributed by atoms with E-state index in [9.17, 15) is 14.0 Å². The predicted molar refractivity (Wildman–Crippen MR) is 76.9 cm³/mol. The number of nitrogens with one attached hydrogen (secondary N) is 2. The lowest BCUT2D eigenvalue weighted by Crippen LogP contribution is -2.29. The number of fused-ring (bicyclic) bond motifs is 1. The number of hydrogen-bond donors (Lipinski definition) is 2. The number of amides is 1. The van der Waals surface area contributed by atoms with E-state index in [1.165, 1.54) is 6.20 Å². The lowest BCUT2D eigenvalue weighted by Gasteiger charge is -2.06. The first-order valence-corrected chi connectivity index (χ1v) is 6.66. The summed E-state index contributed by atoms with van der Waals surface area (Å²) < 4.78 is 12.0. The van der Waals surface area contributed by atoms with Crippen molar-refractivity contribution in [3.8, 4) is 0 Å². The first-order chi connectivity index (χ1) is 9.67. The fraction of sp³-hybridized carbons (Fsp3) is 0.333. The molecule has 1 aromatic carbocycles. The van der Waals surface area contributed by atoms with Crippen molar-refractivity contribution < 1.29 is 9.18 Å². The monoisotopic (exact) mass is 275 g/mol. The third-order valence-corrected chi connectivity index (χ3v) is 3.19. The number of hydrogen-bond acceptors (Lipinski definition) is 2. The molecule has 1 heterocycles. The zero-order valence-electron chi connectivity index (χ0n) is 11.3. The van der Waals surface area contributed by atoms with Gasteiger partial charge in [0.05, 0.1) is 6.67 Å². The predicted octanol–water partition coefficient (Wildman–Crippen LogP) is 2.18. The SMILES string of the molecule is CCc1ccc2[nH]cc(C(=O)NCCC[18F])c(=O)c2c1. The molecule has 2 N–H and O–H groups in total. The molecule has 0 aliphatic rings. The van der Waals surface area contributed by atoms with Crippen LogP contribution in [0.4, 0.5) is 4.39 Å². The molecule has 2 aromatic rings. The summed E-state index contributed by atoms with van der Waals surface area (Å²) in [6.07, 6.45) is 2.47. The molecule has 1 aromatic heterocycles. The van der Waals surface area contributed by atoms with Crippen molar-refractivity contribution in [2.45, 2.75) is 19.8 Å². The van der Waals surface area contributed by atoms with Gasteiger partial charge in [0.15, 0.2) is 0 Å². The lowest BCUT2D eigenvalue weighted by molar-refractivity contribution is 0.0951. The van der Waals surface area contributed by atoms with Crippen LogP contribution in [0.5, 0.6) is 0 Å². The van der Waals surface area contributed by atoms with Gasteiger partial charge in [-0.2, -0.15) is 0 Å². The van der Waals surface area contributed by atoms with E-state index >= 15 is 0 Å². The third kappa shape index (κ3) is 2.87. The van der Waals surface area contributed by atoms with Crippen molar-refractivity contribution in [1.29, 1.82) is 0 Å². The number of pyridine rings is 1. The minimum Gasteiger partial charge on any atom is -0.360 e. The highest BCUT2D eigenvalue weighted by atomic mass is 18.2. The number of aromatic nitrogens is 1. The van der Waals surface area contributed by atoms with Gasteiger partial charge in [0.25, 0.3) is 5.91 Å². The van der Waals surface area contributed by atoms with Crippen LogP contribution < -0.4 is 10.7 Å². The fourth-order valence-corrected chi connectivity index (χ4v) is 2.02. The number of H-pyrrole nitrogens is 1. The summed E-state index contributed by atoms with van der Waals surface area (Å²) in [5.41, 5.74) is 1.50. The van der Waals surface area contributed by atoms with Crippen LogP contribution in [-0.2, 0) is 6.42 Å². The summed E-state index contributed by atoms with van der Waals surface area (Å²) in [6, 6.07) is 5.58. The van der Waals surface area contributed by atoms with E-state index in [4.69, 9.17) is 0 Å². The van der Waals surface area contributed by atoms with Crippen LogP contribution in [0.25, 0.3) is 10.9 Å². The van der Waals surface area contributed by atoms with Crippen molar-refractivity contribution in [1.82, 2.24) is 10.3 Å². The zero-order valence-corrected chi connectivity index (χ0v) is 11.3. The summed E-state index contributed by atoms with van der Waals surface area (Å²) in [5, 5.41) is 3.04. The van der Waals surface area contributed by atoms with Crippen molar-refractivity contribution in [3.63, 3.8) is 0 Å². The highest BCUT2D eigenvalue weighted by molar-refractivity contribution is 5.97. The van der Waals surface area contributed by atoms with Crippen LogP contribution in [0.3, 0.4) is 0 Å². The molecule has 0 saturated carbocycles. The minimum atomic E-state index is -0.492. The molecule has 5 heteroatoms. The second-order valence-corrected chi connectivity index (χ2v) is 4.56. The molecule has 106 valence electrons. The Balaban J connectivity index is 2.37. The second-order valence-electron chi connectivity index (χ2n) is 4.56. The van der Waals surface area contributed by atoms with Gasteiger partial charge in [0.2, 0.25) is 5.43 Å². The Kier molecular flexibility index (Phi) is 4.50. The molecule has 0 atom stereocenters. The largest absolute Gasteiger partial charge is 0.360 e. The Morgan fingerprint density at radius 3 is 2.90 bits per heavy atom. The van der Waals surface area contributed by atoms with Gasteiger partial charge in [-0.3, -0.25) is 14.0 Å². The molecule has 0 aliphatic heterocycles. The molecule has 0 aliphatic carbocycles. The van der Waals surface area contributed by atoms with E-state index in [1.54, 1.807) is 6.07 Å². The first-order valence-electron chi connectivity index (χ1n) is 6.66. The molecule has 0 spiro atoms. The van der Waals surface area contributed by atoms with Gasteiger partial charge in [0, 0.05) is 23.6 Å². The quantitative estimate of drug-likeness (QED) is 0.822. The highest BCUT2D eigenvalue weighted by Gasteiger charge is 2.12. The van der Waals surface area contributed by atoms with E-state index in [0.717, 1.165) is 12.0 Å². The maximum Gasteiger partial charge on any atom is 0.256 e. The van der Waals surface area contributed by atoms with Gasteiger partial charge in [-0.25, -0.2) is 0 Å². The number of carbonyl (C=O) groups excluding carboxylic acids is 1. The number of rotatable bonds is 5. The molecule has 0 bridgehead atoms. The number of halogens is 1. The van der Waals surface area contributed by atoms with Crippen molar-refractivity contribution >= 4 is 16.8 Å². The smallest absolute Gasteiger partial charge is 0.256 e. The number of alkyl halides is 1. The summed E-state index contributed by atoms with van der Waals surface area (Å²) in [5.74, 6) is -0.469. The number of aromatic amines is 1. The first kappa shape index (κ1) is 14.2. The van der Waals surface area contributed by atoms with Gasteiger partial charge in [-0.05, 0) is 30.5 Å². The highest BCUT2D eigenvalue weighted by Crippen LogP contribution is 2.11.